The molecule has 0 saturated carbocycles. The largest absolute Gasteiger partial charge is 0.376 e. The zero-order valence-corrected chi connectivity index (χ0v) is 15.1. The number of carbonyl (C=O) groups is 1. The molecule has 1 amide bonds. The molecule has 0 aromatic carbocycles. The zero-order valence-electron chi connectivity index (χ0n) is 14.3. The molecule has 0 unspecified atom stereocenters. The average Bonchev–Trinajstić information content (AvgIpc) is 3.26. The molecule has 0 radical (unpaired) electrons. The smallest absolute Gasteiger partial charge is 0.267 e. The van der Waals surface area contributed by atoms with Crippen LogP contribution in [0.2, 0.25) is 0 Å². The molecule has 1 fully saturated rings. The molecule has 1 N–H and O–H groups in total. The van der Waals surface area contributed by atoms with E-state index in [9.17, 15) is 9.59 Å². The van der Waals surface area contributed by atoms with Crippen LogP contribution in [-0.2, 0) is 11.3 Å². The van der Waals surface area contributed by atoms with E-state index in [-0.39, 0.29) is 17.6 Å². The van der Waals surface area contributed by atoms with E-state index >= 15 is 0 Å². The van der Waals surface area contributed by atoms with Gasteiger partial charge in [0.1, 0.15) is 10.6 Å². The Kier molecular flexibility index (Phi) is 4.52. The lowest BCUT2D eigenvalue weighted by molar-refractivity contribution is 0.0960. The Balaban J connectivity index is 1.66. The normalized spacial score (nSPS) is 16.9. The average molecular weight is 370 g/mol. The number of anilines is 1. The SMILES string of the molecule is Cc1c(C(=O)Nc2ccccn2)sc2ncn(C[C@H]3CCCO3)c(=O)c12. The minimum absolute atomic E-state index is 0.0535. The van der Waals surface area contributed by atoms with Crippen molar-refractivity contribution in [3.05, 3.63) is 51.5 Å². The van der Waals surface area contributed by atoms with Crippen LogP contribution in [0.3, 0.4) is 0 Å². The first kappa shape index (κ1) is 16.9. The third kappa shape index (κ3) is 3.13. The number of fused-ring (bicyclic) bond motifs is 1. The van der Waals surface area contributed by atoms with Crippen LogP contribution in [0.4, 0.5) is 5.82 Å². The Morgan fingerprint density at radius 1 is 1.42 bits per heavy atom. The highest BCUT2D eigenvalue weighted by molar-refractivity contribution is 7.20. The molecular formula is C18H18N4O3S. The van der Waals surface area contributed by atoms with Gasteiger partial charge in [-0.25, -0.2) is 9.97 Å². The van der Waals surface area contributed by atoms with Gasteiger partial charge in [-0.15, -0.1) is 11.3 Å². The van der Waals surface area contributed by atoms with Gasteiger partial charge < -0.3 is 10.1 Å². The number of ether oxygens (including phenoxy) is 1. The van der Waals surface area contributed by atoms with E-state index in [1.807, 2.05) is 0 Å². The van der Waals surface area contributed by atoms with Gasteiger partial charge in [-0.05, 0) is 37.5 Å². The number of pyridine rings is 1. The van der Waals surface area contributed by atoms with Crippen molar-refractivity contribution in [3.8, 4) is 0 Å². The maximum absolute atomic E-state index is 12.9. The van der Waals surface area contributed by atoms with Gasteiger partial charge in [-0.3, -0.25) is 14.2 Å². The second kappa shape index (κ2) is 6.97. The standard InChI is InChI=1S/C18H18N4O3S/c1-11-14-17(20-10-22(18(14)24)9-12-5-4-8-25-12)26-15(11)16(23)21-13-6-2-3-7-19-13/h2-3,6-7,10,12H,4-5,8-9H2,1H3,(H,19,21,23)/t12-/m1/s1. The van der Waals surface area contributed by atoms with Crippen LogP contribution in [0.25, 0.3) is 10.2 Å². The number of thiophene rings is 1. The van der Waals surface area contributed by atoms with Crippen LogP contribution in [0.5, 0.6) is 0 Å². The fourth-order valence-electron chi connectivity index (χ4n) is 3.12. The van der Waals surface area contributed by atoms with Gasteiger partial charge in [0.25, 0.3) is 11.5 Å². The Morgan fingerprint density at radius 3 is 3.04 bits per heavy atom. The predicted octanol–water partition coefficient (Wildman–Crippen LogP) is 2.59. The Labute approximate surface area is 153 Å². The molecule has 1 aliphatic heterocycles. The van der Waals surface area contributed by atoms with Crippen molar-refractivity contribution in [3.63, 3.8) is 0 Å². The van der Waals surface area contributed by atoms with Crippen LogP contribution in [0.1, 0.15) is 28.1 Å². The molecule has 4 rings (SSSR count). The molecule has 7 nitrogen and oxygen atoms in total. The van der Waals surface area contributed by atoms with Gasteiger partial charge in [0, 0.05) is 12.8 Å². The van der Waals surface area contributed by atoms with E-state index in [1.54, 1.807) is 42.2 Å². The highest BCUT2D eigenvalue weighted by Crippen LogP contribution is 2.27. The lowest BCUT2D eigenvalue weighted by atomic mass is 10.2. The summed E-state index contributed by atoms with van der Waals surface area (Å²) in [6.45, 7) is 3.02. The van der Waals surface area contributed by atoms with Crippen molar-refractivity contribution in [2.75, 3.05) is 11.9 Å². The van der Waals surface area contributed by atoms with E-state index in [2.05, 4.69) is 15.3 Å². The molecule has 3 aromatic heterocycles. The summed E-state index contributed by atoms with van der Waals surface area (Å²) in [7, 11) is 0. The summed E-state index contributed by atoms with van der Waals surface area (Å²) < 4.78 is 7.19. The van der Waals surface area contributed by atoms with Crippen LogP contribution in [-0.4, -0.2) is 33.2 Å². The van der Waals surface area contributed by atoms with Gasteiger partial charge in [-0.1, -0.05) is 6.07 Å². The van der Waals surface area contributed by atoms with Gasteiger partial charge in [0.2, 0.25) is 0 Å². The second-order valence-electron chi connectivity index (χ2n) is 6.24. The number of amides is 1. The maximum Gasteiger partial charge on any atom is 0.267 e. The van der Waals surface area contributed by atoms with Crippen LogP contribution >= 0.6 is 11.3 Å². The van der Waals surface area contributed by atoms with E-state index in [1.165, 1.54) is 11.3 Å². The quantitative estimate of drug-likeness (QED) is 0.763. The number of nitrogens with one attached hydrogen (secondary N) is 1. The Bertz CT molecular complexity index is 1010. The van der Waals surface area contributed by atoms with Crippen molar-refractivity contribution >= 4 is 33.3 Å². The van der Waals surface area contributed by atoms with Crippen LogP contribution in [0, 0.1) is 6.92 Å². The fourth-order valence-corrected chi connectivity index (χ4v) is 4.16. The lowest BCUT2D eigenvalue weighted by Crippen LogP contribution is -2.26. The minimum atomic E-state index is -0.283. The highest BCUT2D eigenvalue weighted by Gasteiger charge is 2.22. The Morgan fingerprint density at radius 2 is 2.31 bits per heavy atom. The number of nitrogens with zero attached hydrogens (tertiary/aromatic N) is 3. The molecule has 8 heteroatoms. The first-order chi connectivity index (χ1) is 12.6. The predicted molar refractivity (Wildman–Crippen MR) is 99.8 cm³/mol. The molecule has 1 atom stereocenters. The summed E-state index contributed by atoms with van der Waals surface area (Å²) in [5, 5.41) is 3.26. The van der Waals surface area contributed by atoms with E-state index < -0.39 is 0 Å². The number of hydrogen-bond acceptors (Lipinski definition) is 6. The molecule has 0 aliphatic carbocycles. The molecule has 4 heterocycles. The highest BCUT2D eigenvalue weighted by atomic mass is 32.1. The second-order valence-corrected chi connectivity index (χ2v) is 7.24. The fraction of sp³-hybridized carbons (Fsp3) is 0.333. The molecule has 0 spiro atoms. The minimum Gasteiger partial charge on any atom is -0.376 e. The molecule has 134 valence electrons. The molecule has 3 aromatic rings. The van der Waals surface area contributed by atoms with Crippen LogP contribution < -0.4 is 10.9 Å². The Hall–Kier alpha value is -2.58. The number of aryl methyl sites for hydroxylation is 1. The number of hydrogen-bond donors (Lipinski definition) is 1. The van der Waals surface area contributed by atoms with Crippen molar-refractivity contribution in [1.29, 1.82) is 0 Å². The van der Waals surface area contributed by atoms with Crippen LogP contribution in [0.15, 0.2) is 35.5 Å². The molecule has 1 aliphatic rings. The third-order valence-electron chi connectivity index (χ3n) is 4.45. The lowest BCUT2D eigenvalue weighted by Gasteiger charge is -2.11. The van der Waals surface area contributed by atoms with E-state index in [0.29, 0.717) is 33.0 Å². The molecular weight excluding hydrogens is 352 g/mol. The van der Waals surface area contributed by atoms with Gasteiger partial charge in [-0.2, -0.15) is 0 Å². The van der Waals surface area contributed by atoms with Crippen molar-refractivity contribution in [2.45, 2.75) is 32.4 Å². The molecule has 26 heavy (non-hydrogen) atoms. The third-order valence-corrected chi connectivity index (χ3v) is 5.65. The summed E-state index contributed by atoms with van der Waals surface area (Å²) >= 11 is 1.22. The van der Waals surface area contributed by atoms with E-state index in [0.717, 1.165) is 19.4 Å². The first-order valence-corrected chi connectivity index (χ1v) is 9.27. The molecule has 0 bridgehead atoms. The number of rotatable bonds is 4. The number of carbonyl (C=O) groups excluding carboxylic acids is 1. The summed E-state index contributed by atoms with van der Waals surface area (Å²) in [6, 6.07) is 5.29. The summed E-state index contributed by atoms with van der Waals surface area (Å²) in [5.74, 6) is 0.187. The van der Waals surface area contributed by atoms with Crippen molar-refractivity contribution in [2.24, 2.45) is 0 Å². The monoisotopic (exact) mass is 370 g/mol. The number of aromatic nitrogens is 3. The van der Waals surface area contributed by atoms with Crippen molar-refractivity contribution < 1.29 is 9.53 Å². The summed E-state index contributed by atoms with van der Waals surface area (Å²) in [5.41, 5.74) is 0.522. The van der Waals surface area contributed by atoms with Gasteiger partial charge in [0.15, 0.2) is 0 Å². The summed E-state index contributed by atoms with van der Waals surface area (Å²) in [6.07, 6.45) is 5.18. The first-order valence-electron chi connectivity index (χ1n) is 8.46. The van der Waals surface area contributed by atoms with Gasteiger partial charge >= 0.3 is 0 Å². The van der Waals surface area contributed by atoms with Gasteiger partial charge in [0.05, 0.1) is 29.2 Å². The molecule has 1 saturated heterocycles. The van der Waals surface area contributed by atoms with E-state index in [4.69, 9.17) is 4.74 Å². The van der Waals surface area contributed by atoms with Crippen molar-refractivity contribution in [1.82, 2.24) is 14.5 Å². The topological polar surface area (TPSA) is 86.1 Å². The summed E-state index contributed by atoms with van der Waals surface area (Å²) in [4.78, 5) is 35.0. The zero-order chi connectivity index (χ0) is 18.1. The maximum atomic E-state index is 12.9.